The van der Waals surface area contributed by atoms with Crippen molar-refractivity contribution >= 4 is 23.9 Å². The van der Waals surface area contributed by atoms with Gasteiger partial charge in [0.2, 0.25) is 11.8 Å². The number of hydrogen-bond donors (Lipinski definition) is 3. The molecule has 0 bridgehead atoms. The van der Waals surface area contributed by atoms with Gasteiger partial charge in [-0.05, 0) is 79.4 Å². The molecular weight excluding hydrogens is 460 g/mol. The molecule has 1 heterocycles. The minimum atomic E-state index is -0.974. The zero-order chi connectivity index (χ0) is 25.8. The van der Waals surface area contributed by atoms with Crippen LogP contribution in [0.3, 0.4) is 0 Å². The molecule has 0 saturated carbocycles. The van der Waals surface area contributed by atoms with Gasteiger partial charge in [-0.2, -0.15) is 4.98 Å². The molecule has 0 aliphatic rings. The summed E-state index contributed by atoms with van der Waals surface area (Å²) in [6.45, 7) is 13.0. The minimum Gasteiger partial charge on any atom is -0.478 e. The second-order valence-electron chi connectivity index (χ2n) is 9.99. The summed E-state index contributed by atoms with van der Waals surface area (Å²) in [5.74, 6) is -0.173. The highest BCUT2D eigenvalue weighted by Crippen LogP contribution is 2.32. The molecule has 0 radical (unpaired) electrons. The molecule has 8 heteroatoms. The molecule has 0 unspecified atom stereocenters. The van der Waals surface area contributed by atoms with Crippen molar-refractivity contribution in [1.82, 2.24) is 9.97 Å². The number of ether oxygens (including phenoxy) is 1. The summed E-state index contributed by atoms with van der Waals surface area (Å²) in [5.41, 5.74) is 11.8. The van der Waals surface area contributed by atoms with E-state index in [4.69, 9.17) is 15.5 Å². The number of hydrogen-bond acceptors (Lipinski definition) is 7. The molecule has 35 heavy (non-hydrogen) atoms. The molecule has 3 rings (SSSR count). The van der Waals surface area contributed by atoms with Crippen LogP contribution in [0.1, 0.15) is 54.2 Å². The van der Waals surface area contributed by atoms with Crippen LogP contribution < -0.4 is 15.2 Å². The van der Waals surface area contributed by atoms with Gasteiger partial charge in [0.05, 0.1) is 11.3 Å². The number of aryl methyl sites for hydroxylation is 2. The number of aromatic carboxylic acids is 1. The highest BCUT2D eigenvalue weighted by atomic mass is 32.2. The maximum Gasteiger partial charge on any atom is 0.335 e. The minimum absolute atomic E-state index is 0.100. The molecule has 0 saturated heterocycles. The van der Waals surface area contributed by atoms with E-state index >= 15 is 0 Å². The van der Waals surface area contributed by atoms with Crippen LogP contribution >= 0.6 is 11.9 Å². The van der Waals surface area contributed by atoms with E-state index in [1.807, 2.05) is 12.1 Å². The van der Waals surface area contributed by atoms with Crippen molar-refractivity contribution in [3.8, 4) is 17.1 Å². The average molecular weight is 495 g/mol. The third kappa shape index (κ3) is 7.44. The smallest absolute Gasteiger partial charge is 0.335 e. The summed E-state index contributed by atoms with van der Waals surface area (Å²) in [6.07, 6.45) is 0.821. The fourth-order valence-electron chi connectivity index (χ4n) is 3.85. The first kappa shape index (κ1) is 26.5. The van der Waals surface area contributed by atoms with E-state index in [0.717, 1.165) is 33.7 Å². The number of carboxylic acid groups (broad SMARTS) is 1. The number of anilines is 1. The molecule has 186 valence electrons. The summed E-state index contributed by atoms with van der Waals surface area (Å²) in [6, 6.07) is 12.6. The van der Waals surface area contributed by atoms with Crippen LogP contribution in [0.2, 0.25) is 0 Å². The van der Waals surface area contributed by atoms with Crippen molar-refractivity contribution in [2.45, 2.75) is 58.9 Å². The molecular formula is C27H34N4O3S. The molecule has 0 spiro atoms. The Morgan fingerprint density at radius 2 is 1.83 bits per heavy atom. The van der Waals surface area contributed by atoms with Crippen molar-refractivity contribution < 1.29 is 14.6 Å². The van der Waals surface area contributed by atoms with Crippen LogP contribution in [0.15, 0.2) is 47.4 Å². The molecule has 2 aromatic carbocycles. The van der Waals surface area contributed by atoms with Gasteiger partial charge < -0.3 is 15.6 Å². The monoisotopic (exact) mass is 494 g/mol. The Kier molecular flexibility index (Phi) is 8.40. The van der Waals surface area contributed by atoms with Crippen LogP contribution in [-0.2, 0) is 0 Å². The Bertz CT molecular complexity index is 1210. The first-order chi connectivity index (χ1) is 16.4. The van der Waals surface area contributed by atoms with Gasteiger partial charge in [-0.3, -0.25) is 4.72 Å². The van der Waals surface area contributed by atoms with E-state index in [-0.39, 0.29) is 17.0 Å². The topological polar surface area (TPSA) is 110 Å². The van der Waals surface area contributed by atoms with E-state index < -0.39 is 5.97 Å². The molecule has 7 nitrogen and oxygen atoms in total. The molecule has 0 fully saturated rings. The molecule has 1 atom stereocenters. The van der Waals surface area contributed by atoms with Gasteiger partial charge in [0.1, 0.15) is 6.61 Å². The summed E-state index contributed by atoms with van der Waals surface area (Å²) in [5, 5.41) is 9.26. The number of benzene rings is 2. The third-order valence-corrected chi connectivity index (χ3v) is 6.34. The largest absolute Gasteiger partial charge is 0.478 e. The van der Waals surface area contributed by atoms with Crippen LogP contribution in [0, 0.1) is 26.2 Å². The van der Waals surface area contributed by atoms with Crippen LogP contribution in [0.4, 0.5) is 5.95 Å². The quantitative estimate of drug-likeness (QED) is 0.309. The van der Waals surface area contributed by atoms with Gasteiger partial charge in [0.25, 0.3) is 0 Å². The molecule has 1 aromatic heterocycles. The van der Waals surface area contributed by atoms with Gasteiger partial charge in [-0.1, -0.05) is 39.0 Å². The standard InChI is InChI=1S/C27H34N4O3S/c1-16-10-11-17(2)24(18(16)3)22-13-23(34-15-20(28)14-27(4,5)6)30-26(29-22)31-35-21-9-7-8-19(12-21)25(32)33/h7-13,20H,14-15,28H2,1-6H3,(H,32,33)(H,29,30,31)/t20-/m1/s1. The lowest BCUT2D eigenvalue weighted by Gasteiger charge is -2.23. The predicted octanol–water partition coefficient (Wildman–Crippen LogP) is 6.03. The summed E-state index contributed by atoms with van der Waals surface area (Å²) < 4.78 is 9.17. The fraction of sp³-hybridized carbons (Fsp3) is 0.370. The number of carbonyl (C=O) groups is 1. The van der Waals surface area contributed by atoms with Crippen LogP contribution in [0.5, 0.6) is 5.88 Å². The van der Waals surface area contributed by atoms with E-state index in [9.17, 15) is 9.90 Å². The maximum atomic E-state index is 11.3. The normalized spacial score (nSPS) is 12.3. The Morgan fingerprint density at radius 1 is 1.11 bits per heavy atom. The lowest BCUT2D eigenvalue weighted by atomic mass is 9.89. The summed E-state index contributed by atoms with van der Waals surface area (Å²) >= 11 is 1.24. The zero-order valence-corrected chi connectivity index (χ0v) is 22.0. The van der Waals surface area contributed by atoms with Crippen molar-refractivity contribution in [3.63, 3.8) is 0 Å². The number of aromatic nitrogens is 2. The number of nitrogens with one attached hydrogen (secondary N) is 1. The molecule has 0 amide bonds. The van der Waals surface area contributed by atoms with Crippen molar-refractivity contribution in [1.29, 1.82) is 0 Å². The van der Waals surface area contributed by atoms with Gasteiger partial charge in [0, 0.05) is 22.6 Å². The van der Waals surface area contributed by atoms with E-state index in [1.165, 1.54) is 17.5 Å². The highest BCUT2D eigenvalue weighted by molar-refractivity contribution is 8.00. The lowest BCUT2D eigenvalue weighted by molar-refractivity contribution is 0.0696. The number of carboxylic acids is 1. The lowest BCUT2D eigenvalue weighted by Crippen LogP contribution is -2.32. The predicted molar refractivity (Wildman–Crippen MR) is 142 cm³/mol. The summed E-state index contributed by atoms with van der Waals surface area (Å²) in [4.78, 5) is 21.3. The first-order valence-corrected chi connectivity index (χ1v) is 12.4. The fourth-order valence-corrected chi connectivity index (χ4v) is 4.49. The SMILES string of the molecule is Cc1ccc(C)c(-c2cc(OC[C@H](N)CC(C)(C)C)nc(NSc3cccc(C(=O)O)c3)n2)c1C. The first-order valence-electron chi connectivity index (χ1n) is 11.5. The third-order valence-electron chi connectivity index (χ3n) is 5.56. The van der Waals surface area contributed by atoms with E-state index in [2.05, 4.69) is 63.4 Å². The second kappa shape index (κ2) is 11.1. The van der Waals surface area contributed by atoms with E-state index in [0.29, 0.717) is 18.4 Å². The molecule has 3 aromatic rings. The van der Waals surface area contributed by atoms with Gasteiger partial charge >= 0.3 is 5.97 Å². The Morgan fingerprint density at radius 3 is 2.51 bits per heavy atom. The number of nitrogens with zero attached hydrogens (tertiary/aromatic N) is 2. The van der Waals surface area contributed by atoms with Gasteiger partial charge in [-0.25, -0.2) is 9.78 Å². The van der Waals surface area contributed by atoms with Crippen molar-refractivity contribution in [2.24, 2.45) is 11.1 Å². The average Bonchev–Trinajstić information content (AvgIpc) is 2.78. The van der Waals surface area contributed by atoms with Gasteiger partial charge in [0.15, 0.2) is 0 Å². The molecule has 4 N–H and O–H groups in total. The van der Waals surface area contributed by atoms with Gasteiger partial charge in [-0.15, -0.1) is 0 Å². The van der Waals surface area contributed by atoms with Crippen molar-refractivity contribution in [3.05, 3.63) is 64.7 Å². The molecule has 0 aliphatic carbocycles. The Hall–Kier alpha value is -3.10. The van der Waals surface area contributed by atoms with E-state index in [1.54, 1.807) is 18.2 Å². The van der Waals surface area contributed by atoms with Crippen LogP contribution in [-0.4, -0.2) is 33.7 Å². The number of nitrogens with two attached hydrogens (primary N) is 1. The Labute approximate surface area is 211 Å². The van der Waals surface area contributed by atoms with Crippen molar-refractivity contribution in [2.75, 3.05) is 11.3 Å². The maximum absolute atomic E-state index is 11.3. The van der Waals surface area contributed by atoms with Crippen LogP contribution in [0.25, 0.3) is 11.3 Å². The molecule has 0 aliphatic heterocycles. The zero-order valence-electron chi connectivity index (χ0n) is 21.2. The highest BCUT2D eigenvalue weighted by Gasteiger charge is 2.18. The number of rotatable bonds is 9. The Balaban J connectivity index is 1.91. The second-order valence-corrected chi connectivity index (χ2v) is 10.9. The summed E-state index contributed by atoms with van der Waals surface area (Å²) in [7, 11) is 0.